The lowest BCUT2D eigenvalue weighted by atomic mass is 10.3. The third-order valence-electron chi connectivity index (χ3n) is 1.43. The van der Waals surface area contributed by atoms with Gasteiger partial charge in [-0.25, -0.2) is 0 Å². The molecule has 1 rings (SSSR count). The van der Waals surface area contributed by atoms with Gasteiger partial charge in [-0.1, -0.05) is 0 Å². The van der Waals surface area contributed by atoms with Crippen LogP contribution in [0, 0.1) is 10.4 Å². The first-order chi connectivity index (χ1) is 5.61. The Morgan fingerprint density at radius 1 is 1.08 bits per heavy atom. The summed E-state index contributed by atoms with van der Waals surface area (Å²) >= 11 is 0. The number of hydrogen-bond donors (Lipinski definition) is 1. The molecule has 0 fully saturated rings. The van der Waals surface area contributed by atoms with Crippen molar-refractivity contribution in [3.05, 3.63) is 34.7 Å². The van der Waals surface area contributed by atoms with Crippen LogP contribution in [0.5, 0.6) is 0 Å². The molecule has 1 N–H and O–H groups in total. The fourth-order valence-electron chi connectivity index (χ4n) is 0.790. The van der Waals surface area contributed by atoms with Gasteiger partial charge in [0.2, 0.25) is 0 Å². The largest absolute Gasteiger partial charge is 0.758 e. The van der Waals surface area contributed by atoms with Crippen molar-refractivity contribution in [2.75, 3.05) is 17.3 Å². The van der Waals surface area contributed by atoms with Gasteiger partial charge < -0.3 is 20.7 Å². The van der Waals surface area contributed by atoms with E-state index in [-0.39, 0.29) is 10.9 Å². The molecule has 0 aliphatic rings. The molecule has 0 saturated carbocycles. The highest BCUT2D eigenvalue weighted by molar-refractivity contribution is 5.55. The quantitative estimate of drug-likeness (QED) is 0.674. The summed E-state index contributed by atoms with van der Waals surface area (Å²) < 4.78 is 0. The lowest BCUT2D eigenvalue weighted by molar-refractivity contribution is 0.296. The second-order valence-electron chi connectivity index (χ2n) is 2.29. The van der Waals surface area contributed by atoms with E-state index in [1.165, 1.54) is 31.3 Å². The Kier molecular flexibility index (Phi) is 2.49. The molecule has 12 heavy (non-hydrogen) atoms. The zero-order valence-electron chi connectivity index (χ0n) is 6.47. The second-order valence-corrected chi connectivity index (χ2v) is 2.29. The van der Waals surface area contributed by atoms with E-state index in [1.54, 1.807) is 0 Å². The van der Waals surface area contributed by atoms with Gasteiger partial charge in [-0.05, 0) is 31.3 Å². The Balaban J connectivity index is 2.86. The second kappa shape index (κ2) is 3.40. The van der Waals surface area contributed by atoms with Crippen LogP contribution in [0.15, 0.2) is 24.3 Å². The Morgan fingerprint density at radius 2 is 1.50 bits per heavy atom. The zero-order valence-corrected chi connectivity index (χ0v) is 6.47. The molecule has 0 atom stereocenters. The maximum atomic E-state index is 10.7. The minimum atomic E-state index is -0.255. The van der Waals surface area contributed by atoms with Crippen LogP contribution in [0.3, 0.4) is 0 Å². The smallest absolute Gasteiger partial charge is 0.0510 e. The number of benzene rings is 1. The number of hydrogen-bond acceptors (Lipinski definition) is 5. The van der Waals surface area contributed by atoms with E-state index in [0.717, 1.165) is 0 Å². The molecule has 0 bridgehead atoms. The fourth-order valence-corrected chi connectivity index (χ4v) is 0.790. The van der Waals surface area contributed by atoms with Gasteiger partial charge >= 0.3 is 0 Å². The first kappa shape index (κ1) is 8.79. The average Bonchev–Trinajstić information content (AvgIpc) is 2.04. The lowest BCUT2D eigenvalue weighted by Crippen LogP contribution is -2.08. The number of anilines is 2. The van der Waals surface area contributed by atoms with Crippen molar-refractivity contribution >= 4 is 11.4 Å². The summed E-state index contributed by atoms with van der Waals surface area (Å²) in [6.45, 7) is 0. The highest BCUT2D eigenvalue weighted by Gasteiger charge is 1.92. The summed E-state index contributed by atoms with van der Waals surface area (Å²) in [6, 6.07) is 5.61. The van der Waals surface area contributed by atoms with Crippen molar-refractivity contribution in [2.45, 2.75) is 0 Å². The summed E-state index contributed by atoms with van der Waals surface area (Å²) in [7, 11) is 1.35. The predicted octanol–water partition coefficient (Wildman–Crippen LogP) is 1.31. The summed E-state index contributed by atoms with van der Waals surface area (Å²) in [5.74, 6) is 0. The average molecular weight is 168 g/mol. The van der Waals surface area contributed by atoms with Crippen LogP contribution >= 0.6 is 0 Å². The molecule has 5 heteroatoms. The summed E-state index contributed by atoms with van der Waals surface area (Å²) in [6.07, 6.45) is 0. The van der Waals surface area contributed by atoms with Crippen LogP contribution in [-0.4, -0.2) is 12.3 Å². The number of hydroxylamine groups is 1. The van der Waals surface area contributed by atoms with Gasteiger partial charge in [0.05, 0.1) is 5.69 Å². The Hall–Kier alpha value is -1.30. The minimum Gasteiger partial charge on any atom is -0.758 e. The summed E-state index contributed by atoms with van der Waals surface area (Å²) in [5, 5.41) is 29.8. The third kappa shape index (κ3) is 1.85. The molecule has 0 radical (unpaired) electrons. The normalized spacial score (nSPS) is 9.67. The molecule has 0 saturated heterocycles. The van der Waals surface area contributed by atoms with E-state index in [1.807, 2.05) is 0 Å². The first-order valence-electron chi connectivity index (χ1n) is 3.28. The molecule has 0 heterocycles. The molecule has 5 nitrogen and oxygen atoms in total. The van der Waals surface area contributed by atoms with Gasteiger partial charge in [-0.2, -0.15) is 0 Å². The fraction of sp³-hybridized carbons (Fsp3) is 0.143. The molecule has 0 aliphatic heterocycles. The van der Waals surface area contributed by atoms with Gasteiger partial charge in [0.1, 0.15) is 0 Å². The molecule has 66 valence electrons. The van der Waals surface area contributed by atoms with Gasteiger partial charge in [0.15, 0.2) is 0 Å². The van der Waals surface area contributed by atoms with Crippen molar-refractivity contribution in [1.82, 2.24) is 0 Å². The number of nitrogens with zero attached hydrogens (tertiary/aromatic N) is 2. The topological polar surface area (TPSA) is 72.8 Å². The van der Waals surface area contributed by atoms with Crippen LogP contribution in [-0.2, 0) is 0 Å². The van der Waals surface area contributed by atoms with Gasteiger partial charge in [0, 0.05) is 5.69 Å². The van der Waals surface area contributed by atoms with Gasteiger partial charge in [-0.3, -0.25) is 5.21 Å². The molecule has 0 unspecified atom stereocenters. The molecular weight excluding hydrogens is 160 g/mol. The molecule has 0 spiro atoms. The highest BCUT2D eigenvalue weighted by Crippen LogP contribution is 2.17. The molecule has 0 aliphatic carbocycles. The van der Waals surface area contributed by atoms with Crippen LogP contribution < -0.4 is 10.3 Å². The molecular formula is C7H8N2O3-2. The van der Waals surface area contributed by atoms with Crippen molar-refractivity contribution in [3.8, 4) is 0 Å². The maximum absolute atomic E-state index is 10.7. The van der Waals surface area contributed by atoms with E-state index in [9.17, 15) is 10.4 Å². The molecule has 1 aromatic carbocycles. The van der Waals surface area contributed by atoms with E-state index in [2.05, 4.69) is 0 Å². The van der Waals surface area contributed by atoms with E-state index in [0.29, 0.717) is 10.8 Å². The third-order valence-corrected chi connectivity index (χ3v) is 1.43. The Labute approximate surface area is 69.6 Å². The number of rotatable bonds is 2. The van der Waals surface area contributed by atoms with Crippen molar-refractivity contribution in [2.24, 2.45) is 0 Å². The lowest BCUT2D eigenvalue weighted by Gasteiger charge is -2.26. The summed E-state index contributed by atoms with van der Waals surface area (Å²) in [4.78, 5) is 0. The minimum absolute atomic E-state index is 0.0978. The van der Waals surface area contributed by atoms with Crippen molar-refractivity contribution in [1.29, 1.82) is 0 Å². The standard InChI is InChI=1S/C7H8N2O3/c1-8(10)6-2-4-7(5-3-6)9(11)12/h2-5,11H,1H3/q-2. The Morgan fingerprint density at radius 3 is 1.83 bits per heavy atom. The first-order valence-corrected chi connectivity index (χ1v) is 3.28. The van der Waals surface area contributed by atoms with Crippen molar-refractivity contribution in [3.63, 3.8) is 0 Å². The van der Waals surface area contributed by atoms with Crippen LogP contribution in [0.4, 0.5) is 11.4 Å². The van der Waals surface area contributed by atoms with Gasteiger partial charge in [-0.15, -0.1) is 0 Å². The van der Waals surface area contributed by atoms with Gasteiger partial charge in [0.25, 0.3) is 0 Å². The SMILES string of the molecule is CN([O-])c1ccc(N([O-])O)cc1. The zero-order chi connectivity index (χ0) is 9.14. The molecule has 1 aromatic rings. The van der Waals surface area contributed by atoms with Crippen LogP contribution in [0.1, 0.15) is 0 Å². The van der Waals surface area contributed by atoms with Crippen molar-refractivity contribution < 1.29 is 5.21 Å². The predicted molar refractivity (Wildman–Crippen MR) is 45.8 cm³/mol. The van der Waals surface area contributed by atoms with Crippen LogP contribution in [0.2, 0.25) is 0 Å². The summed E-state index contributed by atoms with van der Waals surface area (Å²) in [5.41, 5.74) is 0.529. The van der Waals surface area contributed by atoms with E-state index < -0.39 is 0 Å². The highest BCUT2D eigenvalue weighted by atomic mass is 16.8. The van der Waals surface area contributed by atoms with E-state index >= 15 is 0 Å². The monoisotopic (exact) mass is 168 g/mol. The van der Waals surface area contributed by atoms with Crippen LogP contribution in [0.25, 0.3) is 0 Å². The van der Waals surface area contributed by atoms with E-state index in [4.69, 9.17) is 5.21 Å². The molecule has 0 aromatic heterocycles. The molecule has 0 amide bonds. The Bertz CT molecular complexity index is 218. The maximum Gasteiger partial charge on any atom is 0.0510 e.